The van der Waals surface area contributed by atoms with E-state index in [4.69, 9.17) is 10.5 Å². The molecule has 0 bridgehead atoms. The van der Waals surface area contributed by atoms with Crippen molar-refractivity contribution in [2.45, 2.75) is 17.4 Å². The molecule has 7 nitrogen and oxygen atoms in total. The Labute approximate surface area is 173 Å². The summed E-state index contributed by atoms with van der Waals surface area (Å²) in [5, 5.41) is 2.64. The van der Waals surface area contributed by atoms with Gasteiger partial charge in [-0.2, -0.15) is 0 Å². The minimum absolute atomic E-state index is 0.143. The standard InChI is InChI=1S/C21H20N4O3S/c1-21(12-26)20(27)25-11-15(28-21)7-14(10-22)13-8-16(17-5-3-4-6-24-17)19(29)18(9-13)23-2/h3-10,12,29H,2,11,22H2,1H3,(H,25,27)/b14-10+,15-7+. The van der Waals surface area contributed by atoms with E-state index >= 15 is 0 Å². The Morgan fingerprint density at radius 2 is 2.24 bits per heavy atom. The third kappa shape index (κ3) is 4.07. The monoisotopic (exact) mass is 408 g/mol. The second-order valence-corrected chi connectivity index (χ2v) is 6.95. The van der Waals surface area contributed by atoms with Crippen molar-refractivity contribution in [1.29, 1.82) is 0 Å². The molecule has 0 radical (unpaired) electrons. The molecule has 1 atom stereocenters. The summed E-state index contributed by atoms with van der Waals surface area (Å²) >= 11 is 4.57. The van der Waals surface area contributed by atoms with Crippen molar-refractivity contribution < 1.29 is 14.3 Å². The van der Waals surface area contributed by atoms with Crippen LogP contribution in [-0.4, -0.2) is 36.0 Å². The predicted octanol–water partition coefficient (Wildman–Crippen LogP) is 2.66. The maximum absolute atomic E-state index is 11.9. The molecule has 148 valence electrons. The first-order valence-electron chi connectivity index (χ1n) is 8.73. The molecule has 1 amide bonds. The van der Waals surface area contributed by atoms with Gasteiger partial charge in [0.2, 0.25) is 5.60 Å². The Morgan fingerprint density at radius 3 is 2.86 bits per heavy atom. The van der Waals surface area contributed by atoms with Crippen LogP contribution in [0.25, 0.3) is 16.8 Å². The molecule has 3 N–H and O–H groups in total. The normalized spacial score (nSPS) is 20.7. The number of aldehydes is 1. The minimum atomic E-state index is -1.58. The average molecular weight is 408 g/mol. The minimum Gasteiger partial charge on any atom is -0.473 e. The van der Waals surface area contributed by atoms with E-state index in [1.165, 1.54) is 13.1 Å². The molecule has 1 unspecified atom stereocenters. The lowest BCUT2D eigenvalue weighted by Crippen LogP contribution is -2.53. The number of pyridine rings is 1. The number of thiol groups is 1. The van der Waals surface area contributed by atoms with E-state index < -0.39 is 11.5 Å². The highest BCUT2D eigenvalue weighted by molar-refractivity contribution is 7.80. The fourth-order valence-corrected chi connectivity index (χ4v) is 3.19. The van der Waals surface area contributed by atoms with Gasteiger partial charge < -0.3 is 15.8 Å². The van der Waals surface area contributed by atoms with Crippen molar-refractivity contribution in [3.63, 3.8) is 0 Å². The molecular weight excluding hydrogens is 388 g/mol. The Bertz CT molecular complexity index is 1030. The molecule has 1 fully saturated rings. The van der Waals surface area contributed by atoms with Crippen LogP contribution in [0.5, 0.6) is 0 Å². The maximum Gasteiger partial charge on any atom is 0.271 e. The SMILES string of the molecule is C=Nc1cc(C(/C=C2\CNC(=O)C(C)(C=O)O2)=C/N)cc(-c2ccccn2)c1S. The van der Waals surface area contributed by atoms with E-state index in [1.54, 1.807) is 18.3 Å². The molecule has 3 rings (SSSR count). The summed E-state index contributed by atoms with van der Waals surface area (Å²) < 4.78 is 5.61. The number of amides is 1. The second-order valence-electron chi connectivity index (χ2n) is 6.51. The highest BCUT2D eigenvalue weighted by Gasteiger charge is 2.39. The fraction of sp³-hybridized carbons (Fsp3) is 0.143. The van der Waals surface area contributed by atoms with Gasteiger partial charge in [0.05, 0.1) is 17.9 Å². The van der Waals surface area contributed by atoms with Crippen LogP contribution in [0.2, 0.25) is 0 Å². The summed E-state index contributed by atoms with van der Waals surface area (Å²) in [7, 11) is 0. The second kappa shape index (κ2) is 8.32. The molecule has 29 heavy (non-hydrogen) atoms. The van der Waals surface area contributed by atoms with Gasteiger partial charge in [-0.1, -0.05) is 6.07 Å². The van der Waals surface area contributed by atoms with Gasteiger partial charge in [-0.25, -0.2) is 0 Å². The Balaban J connectivity index is 2.06. The number of nitrogens with two attached hydrogens (primary N) is 1. The molecule has 8 heteroatoms. The quantitative estimate of drug-likeness (QED) is 0.305. The number of aromatic nitrogens is 1. The van der Waals surface area contributed by atoms with Crippen LogP contribution in [0.3, 0.4) is 0 Å². The van der Waals surface area contributed by atoms with E-state index in [0.29, 0.717) is 28.2 Å². The summed E-state index contributed by atoms with van der Waals surface area (Å²) in [4.78, 5) is 32.2. The lowest BCUT2D eigenvalue weighted by molar-refractivity contribution is -0.149. The van der Waals surface area contributed by atoms with Crippen LogP contribution in [0.15, 0.2) is 64.5 Å². The predicted molar refractivity (Wildman–Crippen MR) is 115 cm³/mol. The van der Waals surface area contributed by atoms with Gasteiger partial charge in [0.15, 0.2) is 6.29 Å². The number of hydrogen-bond acceptors (Lipinski definition) is 7. The van der Waals surface area contributed by atoms with Crippen LogP contribution < -0.4 is 11.1 Å². The molecule has 1 aliphatic rings. The van der Waals surface area contributed by atoms with Crippen LogP contribution in [0, 0.1) is 0 Å². The number of nitrogens with one attached hydrogen (secondary N) is 1. The van der Waals surface area contributed by atoms with Crippen molar-refractivity contribution in [1.82, 2.24) is 10.3 Å². The zero-order valence-corrected chi connectivity index (χ0v) is 16.6. The lowest BCUT2D eigenvalue weighted by atomic mass is 9.99. The number of hydrogen-bond donors (Lipinski definition) is 3. The van der Waals surface area contributed by atoms with E-state index in [9.17, 15) is 9.59 Å². The molecule has 1 aliphatic heterocycles. The highest BCUT2D eigenvalue weighted by Crippen LogP contribution is 2.37. The van der Waals surface area contributed by atoms with E-state index in [2.05, 4.69) is 34.6 Å². The topological polar surface area (TPSA) is 107 Å². The number of carbonyl (C=O) groups is 2. The fourth-order valence-electron chi connectivity index (χ4n) is 2.88. The van der Waals surface area contributed by atoms with Crippen LogP contribution in [0.4, 0.5) is 5.69 Å². The molecule has 0 saturated carbocycles. The third-order valence-electron chi connectivity index (χ3n) is 4.47. The molecule has 1 saturated heterocycles. The molecule has 0 spiro atoms. The van der Waals surface area contributed by atoms with Gasteiger partial charge in [-0.05, 0) is 49.5 Å². The number of rotatable bonds is 5. The number of allylic oxidation sites excluding steroid dienone is 2. The number of morpholine rings is 1. The van der Waals surface area contributed by atoms with Crippen LogP contribution in [0.1, 0.15) is 12.5 Å². The first-order chi connectivity index (χ1) is 13.9. The molecule has 1 aromatic carbocycles. The molecule has 2 heterocycles. The summed E-state index contributed by atoms with van der Waals surface area (Å²) in [6.45, 7) is 5.16. The van der Waals surface area contributed by atoms with Crippen molar-refractivity contribution in [2.75, 3.05) is 6.54 Å². The zero-order valence-electron chi connectivity index (χ0n) is 15.8. The third-order valence-corrected chi connectivity index (χ3v) is 4.94. The van der Waals surface area contributed by atoms with Gasteiger partial charge in [0.25, 0.3) is 5.91 Å². The van der Waals surface area contributed by atoms with Gasteiger partial charge in [0, 0.05) is 28.4 Å². The van der Waals surface area contributed by atoms with Crippen LogP contribution >= 0.6 is 12.6 Å². The lowest BCUT2D eigenvalue weighted by Gasteiger charge is -2.30. The summed E-state index contributed by atoms with van der Waals surface area (Å²) in [6, 6.07) is 9.24. The highest BCUT2D eigenvalue weighted by atomic mass is 32.1. The van der Waals surface area contributed by atoms with Crippen LogP contribution in [-0.2, 0) is 14.3 Å². The summed E-state index contributed by atoms with van der Waals surface area (Å²) in [6.07, 6.45) is 5.24. The van der Waals surface area contributed by atoms with Crippen molar-refractivity contribution in [3.8, 4) is 11.3 Å². The number of benzene rings is 1. The molecule has 2 aromatic rings. The van der Waals surface area contributed by atoms with Gasteiger partial charge >= 0.3 is 0 Å². The first kappa shape index (κ1) is 20.3. The number of aliphatic imine (C=N–C) groups is 1. The van der Waals surface area contributed by atoms with Gasteiger partial charge in [-0.15, -0.1) is 12.6 Å². The maximum atomic E-state index is 11.9. The number of carbonyl (C=O) groups excluding carboxylic acids is 2. The molecular formula is C21H20N4O3S. The molecule has 0 aliphatic carbocycles. The Hall–Kier alpha value is -3.39. The zero-order chi connectivity index (χ0) is 21.0. The first-order valence-corrected chi connectivity index (χ1v) is 9.18. The van der Waals surface area contributed by atoms with E-state index in [0.717, 1.165) is 16.8 Å². The number of ether oxygens (including phenoxy) is 1. The number of nitrogens with zero attached hydrogens (tertiary/aromatic N) is 2. The van der Waals surface area contributed by atoms with E-state index in [-0.39, 0.29) is 6.54 Å². The van der Waals surface area contributed by atoms with Crippen molar-refractivity contribution >= 4 is 42.8 Å². The summed E-state index contributed by atoms with van der Waals surface area (Å²) in [5.41, 5.74) is 7.69. The van der Waals surface area contributed by atoms with Crippen molar-refractivity contribution in [2.24, 2.45) is 10.7 Å². The summed E-state index contributed by atoms with van der Waals surface area (Å²) in [5.74, 6) is -0.0868. The Kier molecular flexibility index (Phi) is 5.84. The van der Waals surface area contributed by atoms with E-state index in [1.807, 2.05) is 24.3 Å². The van der Waals surface area contributed by atoms with Crippen molar-refractivity contribution in [3.05, 3.63) is 60.1 Å². The smallest absolute Gasteiger partial charge is 0.271 e. The van der Waals surface area contributed by atoms with Gasteiger partial charge in [-0.3, -0.25) is 19.6 Å². The van der Waals surface area contributed by atoms with Gasteiger partial charge in [0.1, 0.15) is 5.76 Å². The largest absolute Gasteiger partial charge is 0.473 e. The average Bonchev–Trinajstić information content (AvgIpc) is 2.75. The Morgan fingerprint density at radius 1 is 1.45 bits per heavy atom. The molecule has 1 aromatic heterocycles.